The van der Waals surface area contributed by atoms with E-state index in [4.69, 9.17) is 9.47 Å². The molecule has 2 rings (SSSR count). The number of carbonyl (C=O) groups excluding carboxylic acids is 2. The first-order valence-corrected chi connectivity index (χ1v) is 8.67. The first-order valence-electron chi connectivity index (χ1n) is 7.88. The van der Waals surface area contributed by atoms with Crippen molar-refractivity contribution in [1.82, 2.24) is 10.6 Å². The van der Waals surface area contributed by atoms with Gasteiger partial charge in [-0.05, 0) is 25.0 Å². The Kier molecular flexibility index (Phi) is 6.30. The number of allylic oxidation sites excluding steroid dienone is 1. The van der Waals surface area contributed by atoms with Gasteiger partial charge in [0.2, 0.25) is 0 Å². The largest absolute Gasteiger partial charge is 0.504 e. The van der Waals surface area contributed by atoms with Gasteiger partial charge in [-0.2, -0.15) is 0 Å². The van der Waals surface area contributed by atoms with Crippen molar-refractivity contribution in [2.24, 2.45) is 0 Å². The minimum atomic E-state index is -0.848. The van der Waals surface area contributed by atoms with Crippen molar-refractivity contribution in [2.45, 2.75) is 32.2 Å². The maximum atomic E-state index is 12.4. The summed E-state index contributed by atoms with van der Waals surface area (Å²) in [4.78, 5) is 24.5. The lowest BCUT2D eigenvalue weighted by atomic mass is 9.92. The molecule has 136 valence electrons. The normalized spacial score (nSPS) is 17.0. The van der Waals surface area contributed by atoms with Crippen molar-refractivity contribution in [3.63, 3.8) is 0 Å². The number of hydrogen-bond donors (Lipinski definition) is 3. The van der Waals surface area contributed by atoms with Crippen LogP contribution in [0.1, 0.15) is 37.8 Å². The van der Waals surface area contributed by atoms with Gasteiger partial charge in [-0.1, -0.05) is 29.3 Å². The number of unbranched alkanes of at least 4 members (excludes halogenated alkanes) is 1. The van der Waals surface area contributed by atoms with Crippen molar-refractivity contribution >= 4 is 27.9 Å². The molecular formula is C17H21BrN2O5. The topological polar surface area (TPSA) is 96.9 Å². The molecule has 1 heterocycles. The van der Waals surface area contributed by atoms with Crippen molar-refractivity contribution in [3.8, 4) is 11.5 Å². The number of nitrogens with one attached hydrogen (secondary N) is 2. The second kappa shape index (κ2) is 8.24. The predicted octanol–water partition coefficient (Wildman–Crippen LogP) is 3.13. The molecule has 0 fully saturated rings. The number of methoxy groups -OCH3 is 2. The van der Waals surface area contributed by atoms with Crippen LogP contribution in [0.4, 0.5) is 4.79 Å². The zero-order chi connectivity index (χ0) is 18.6. The van der Waals surface area contributed by atoms with Gasteiger partial charge < -0.3 is 25.2 Å². The summed E-state index contributed by atoms with van der Waals surface area (Å²) in [6.45, 7) is 2.02. The second-order valence-electron chi connectivity index (χ2n) is 5.56. The minimum absolute atomic E-state index is 0.144. The molecule has 0 aliphatic carbocycles. The highest BCUT2D eigenvalue weighted by Gasteiger charge is 2.35. The SMILES string of the molecule is CCCCC1=C(C(=O)OC)C(c2cc(Br)cc(OC)c2O)NC(=O)N1. The van der Waals surface area contributed by atoms with Gasteiger partial charge in [0, 0.05) is 15.7 Å². The molecule has 1 aliphatic rings. The molecular weight excluding hydrogens is 392 g/mol. The molecule has 0 bridgehead atoms. The molecule has 1 aromatic rings. The summed E-state index contributed by atoms with van der Waals surface area (Å²) in [5.41, 5.74) is 1.11. The average Bonchev–Trinajstić information content (AvgIpc) is 2.60. The fourth-order valence-corrected chi connectivity index (χ4v) is 3.18. The summed E-state index contributed by atoms with van der Waals surface area (Å²) in [6, 6.07) is 1.94. The lowest BCUT2D eigenvalue weighted by molar-refractivity contribution is -0.136. The molecule has 25 heavy (non-hydrogen) atoms. The second-order valence-corrected chi connectivity index (χ2v) is 6.48. The van der Waals surface area contributed by atoms with Crippen LogP contribution in [0.25, 0.3) is 0 Å². The molecule has 1 aliphatic heterocycles. The number of carbonyl (C=O) groups is 2. The number of rotatable bonds is 6. The number of ether oxygens (including phenoxy) is 2. The Balaban J connectivity index is 2.62. The molecule has 2 amide bonds. The molecule has 0 spiro atoms. The zero-order valence-corrected chi connectivity index (χ0v) is 15.9. The summed E-state index contributed by atoms with van der Waals surface area (Å²) >= 11 is 3.35. The van der Waals surface area contributed by atoms with Crippen LogP contribution in [0.3, 0.4) is 0 Å². The number of amides is 2. The van der Waals surface area contributed by atoms with Crippen LogP contribution in [-0.4, -0.2) is 31.3 Å². The number of aromatic hydroxyl groups is 1. The van der Waals surface area contributed by atoms with E-state index in [0.29, 0.717) is 22.2 Å². The molecule has 3 N–H and O–H groups in total. The fourth-order valence-electron chi connectivity index (χ4n) is 2.72. The lowest BCUT2D eigenvalue weighted by Crippen LogP contribution is -2.46. The van der Waals surface area contributed by atoms with E-state index >= 15 is 0 Å². The molecule has 0 radical (unpaired) electrons. The van der Waals surface area contributed by atoms with E-state index in [-0.39, 0.29) is 17.1 Å². The maximum absolute atomic E-state index is 12.4. The number of hydrogen-bond acceptors (Lipinski definition) is 5. The van der Waals surface area contributed by atoms with E-state index in [0.717, 1.165) is 12.8 Å². The summed E-state index contributed by atoms with van der Waals surface area (Å²) in [5.74, 6) is -0.479. The van der Waals surface area contributed by atoms with Crippen molar-refractivity contribution in [3.05, 3.63) is 33.4 Å². The Hall–Kier alpha value is -2.22. The van der Waals surface area contributed by atoms with Crippen LogP contribution in [0, 0.1) is 0 Å². The highest BCUT2D eigenvalue weighted by Crippen LogP contribution is 2.41. The van der Waals surface area contributed by atoms with Crippen molar-refractivity contribution in [1.29, 1.82) is 0 Å². The average molecular weight is 413 g/mol. The third-order valence-corrected chi connectivity index (χ3v) is 4.40. The van der Waals surface area contributed by atoms with Crippen LogP contribution in [0.5, 0.6) is 11.5 Å². The van der Waals surface area contributed by atoms with Crippen molar-refractivity contribution in [2.75, 3.05) is 14.2 Å². The van der Waals surface area contributed by atoms with Gasteiger partial charge in [0.15, 0.2) is 11.5 Å². The van der Waals surface area contributed by atoms with E-state index in [1.54, 1.807) is 12.1 Å². The van der Waals surface area contributed by atoms with Gasteiger partial charge in [-0.3, -0.25) is 0 Å². The Bertz CT molecular complexity index is 717. The lowest BCUT2D eigenvalue weighted by Gasteiger charge is -2.30. The number of benzene rings is 1. The van der Waals surface area contributed by atoms with Crippen LogP contribution >= 0.6 is 15.9 Å². The first-order chi connectivity index (χ1) is 11.9. The van der Waals surface area contributed by atoms with Gasteiger partial charge in [0.25, 0.3) is 0 Å². The van der Waals surface area contributed by atoms with E-state index in [9.17, 15) is 14.7 Å². The number of esters is 1. The molecule has 0 saturated heterocycles. The Morgan fingerprint density at radius 3 is 2.68 bits per heavy atom. The highest BCUT2D eigenvalue weighted by molar-refractivity contribution is 9.10. The van der Waals surface area contributed by atoms with Gasteiger partial charge >= 0.3 is 12.0 Å². The maximum Gasteiger partial charge on any atom is 0.337 e. The quantitative estimate of drug-likeness (QED) is 0.623. The fraction of sp³-hybridized carbons (Fsp3) is 0.412. The Morgan fingerprint density at radius 1 is 1.36 bits per heavy atom. The highest BCUT2D eigenvalue weighted by atomic mass is 79.9. The third kappa shape index (κ3) is 4.07. The number of halogens is 1. The van der Waals surface area contributed by atoms with Crippen LogP contribution in [0.2, 0.25) is 0 Å². The van der Waals surface area contributed by atoms with Gasteiger partial charge in [-0.25, -0.2) is 9.59 Å². The van der Waals surface area contributed by atoms with Gasteiger partial charge in [-0.15, -0.1) is 0 Å². The van der Waals surface area contributed by atoms with Crippen LogP contribution in [0.15, 0.2) is 27.9 Å². The number of phenols is 1. The summed E-state index contributed by atoms with van der Waals surface area (Å²) in [6.07, 6.45) is 2.23. The minimum Gasteiger partial charge on any atom is -0.504 e. The zero-order valence-electron chi connectivity index (χ0n) is 14.3. The van der Waals surface area contributed by atoms with Gasteiger partial charge in [0.05, 0.1) is 25.8 Å². The number of urea groups is 1. The first kappa shape index (κ1) is 19.1. The molecule has 0 saturated carbocycles. The van der Waals surface area contributed by atoms with Crippen LogP contribution < -0.4 is 15.4 Å². The summed E-state index contributed by atoms with van der Waals surface area (Å²) in [5, 5.41) is 15.9. The van der Waals surface area contributed by atoms with Crippen molar-refractivity contribution < 1.29 is 24.2 Å². The third-order valence-electron chi connectivity index (χ3n) is 3.94. The molecule has 7 nitrogen and oxygen atoms in total. The smallest absolute Gasteiger partial charge is 0.337 e. The summed E-state index contributed by atoms with van der Waals surface area (Å²) in [7, 11) is 2.71. The van der Waals surface area contributed by atoms with E-state index in [1.165, 1.54) is 14.2 Å². The Morgan fingerprint density at radius 2 is 2.08 bits per heavy atom. The van der Waals surface area contributed by atoms with E-state index < -0.39 is 18.0 Å². The standard InChI is InChI=1S/C17H21BrN2O5/c1-4-5-6-11-13(16(22)25-3)14(20-17(23)19-11)10-7-9(18)8-12(24-2)15(10)21/h7-8,14,21H,4-6H2,1-3H3,(H2,19,20,23). The molecule has 1 unspecified atom stereocenters. The molecule has 0 aromatic heterocycles. The molecule has 8 heteroatoms. The van der Waals surface area contributed by atoms with E-state index in [2.05, 4.69) is 26.6 Å². The van der Waals surface area contributed by atoms with Gasteiger partial charge in [0.1, 0.15) is 0 Å². The Labute approximate surface area is 154 Å². The molecule has 1 aromatic carbocycles. The molecule has 1 atom stereocenters. The number of phenolic OH excluding ortho intramolecular Hbond substituents is 1. The summed E-state index contributed by atoms with van der Waals surface area (Å²) < 4.78 is 10.7. The van der Waals surface area contributed by atoms with E-state index in [1.807, 2.05) is 6.92 Å². The predicted molar refractivity (Wildman–Crippen MR) is 95.3 cm³/mol. The van der Waals surface area contributed by atoms with Crippen LogP contribution in [-0.2, 0) is 9.53 Å². The monoisotopic (exact) mass is 412 g/mol.